The fourth-order valence-electron chi connectivity index (χ4n) is 2.53. The van der Waals surface area contributed by atoms with Crippen LogP contribution in [0.15, 0.2) is 30.3 Å². The molecule has 0 bridgehead atoms. The lowest BCUT2D eigenvalue weighted by Crippen LogP contribution is -2.12. The van der Waals surface area contributed by atoms with Crippen LogP contribution in [0.1, 0.15) is 27.3 Å². The van der Waals surface area contributed by atoms with E-state index in [1.165, 1.54) is 6.07 Å². The Balaban J connectivity index is 1.82. The number of carbonyl (C=O) groups excluding carboxylic acids is 1. The van der Waals surface area contributed by atoms with Crippen LogP contribution in [-0.4, -0.2) is 17.5 Å². The van der Waals surface area contributed by atoms with E-state index >= 15 is 0 Å². The van der Waals surface area contributed by atoms with Crippen molar-refractivity contribution in [1.82, 2.24) is 10.3 Å². The highest BCUT2D eigenvalue weighted by Gasteiger charge is 2.21. The summed E-state index contributed by atoms with van der Waals surface area (Å²) in [5.41, 5.74) is 3.35. The summed E-state index contributed by atoms with van der Waals surface area (Å²) >= 11 is 0. The molecule has 2 N–H and O–H groups in total. The number of ether oxygens (including phenoxy) is 1. The van der Waals surface area contributed by atoms with Crippen LogP contribution in [-0.2, 0) is 13.1 Å². The molecule has 23 heavy (non-hydrogen) atoms. The van der Waals surface area contributed by atoms with E-state index in [1.807, 2.05) is 6.07 Å². The highest BCUT2D eigenvalue weighted by molar-refractivity contribution is 5.99. The second-order valence-corrected chi connectivity index (χ2v) is 5.14. The molecule has 0 radical (unpaired) electrons. The topological polar surface area (TPSA) is 63.2 Å². The third kappa shape index (κ3) is 3.23. The summed E-state index contributed by atoms with van der Waals surface area (Å²) in [4.78, 5) is 15.9. The molecule has 0 unspecified atom stereocenters. The maximum Gasteiger partial charge on any atom is 0.387 e. The van der Waals surface area contributed by atoms with Crippen LogP contribution in [0.5, 0.6) is 5.75 Å². The largest absolute Gasteiger partial charge is 0.433 e. The average Bonchev–Trinajstić information content (AvgIpc) is 2.89. The molecule has 1 aliphatic rings. The molecule has 7 heteroatoms. The van der Waals surface area contributed by atoms with E-state index in [0.29, 0.717) is 23.5 Å². The fraction of sp³-hybridized carbons (Fsp3) is 0.250. The molecule has 5 nitrogen and oxygen atoms in total. The maximum atomic E-state index is 12.5. The van der Waals surface area contributed by atoms with E-state index in [1.54, 1.807) is 25.1 Å². The highest BCUT2D eigenvalue weighted by atomic mass is 19.3. The highest BCUT2D eigenvalue weighted by Crippen LogP contribution is 2.26. The number of benzene rings is 1. The molecule has 0 saturated heterocycles. The van der Waals surface area contributed by atoms with Gasteiger partial charge in [-0.25, -0.2) is 0 Å². The third-order valence-electron chi connectivity index (χ3n) is 3.58. The Bertz CT molecular complexity index is 750. The minimum Gasteiger partial charge on any atom is -0.433 e. The van der Waals surface area contributed by atoms with Crippen molar-refractivity contribution in [2.75, 3.05) is 5.32 Å². The van der Waals surface area contributed by atoms with E-state index in [4.69, 9.17) is 0 Å². The number of rotatable bonds is 5. The van der Waals surface area contributed by atoms with Crippen molar-refractivity contribution in [2.24, 2.45) is 0 Å². The van der Waals surface area contributed by atoms with Gasteiger partial charge >= 0.3 is 6.61 Å². The first-order valence-electron chi connectivity index (χ1n) is 7.10. The molecule has 0 fully saturated rings. The van der Waals surface area contributed by atoms with Crippen molar-refractivity contribution in [1.29, 1.82) is 0 Å². The number of fused-ring (bicyclic) bond motifs is 1. The van der Waals surface area contributed by atoms with Gasteiger partial charge in [0, 0.05) is 29.1 Å². The Labute approximate surface area is 131 Å². The van der Waals surface area contributed by atoms with Gasteiger partial charge < -0.3 is 15.4 Å². The summed E-state index contributed by atoms with van der Waals surface area (Å²) in [7, 11) is 0. The number of hydrogen-bond donors (Lipinski definition) is 2. The predicted molar refractivity (Wildman–Crippen MR) is 80.5 cm³/mol. The maximum absolute atomic E-state index is 12.5. The van der Waals surface area contributed by atoms with Crippen LogP contribution in [0.3, 0.4) is 0 Å². The first kappa shape index (κ1) is 15.2. The molecule has 0 saturated carbocycles. The van der Waals surface area contributed by atoms with Gasteiger partial charge in [0.15, 0.2) is 0 Å². The monoisotopic (exact) mass is 319 g/mol. The van der Waals surface area contributed by atoms with Crippen LogP contribution in [0.25, 0.3) is 0 Å². The summed E-state index contributed by atoms with van der Waals surface area (Å²) in [6, 6.07) is 8.45. The normalized spacial score (nSPS) is 13.0. The Morgan fingerprint density at radius 3 is 2.96 bits per heavy atom. The number of aryl methyl sites for hydroxylation is 1. The van der Waals surface area contributed by atoms with E-state index in [0.717, 1.165) is 11.3 Å². The summed E-state index contributed by atoms with van der Waals surface area (Å²) in [6.45, 7) is -0.465. The van der Waals surface area contributed by atoms with Gasteiger partial charge in [-0.15, -0.1) is 0 Å². The SMILES string of the molecule is Cc1ccc(OC(F)F)c(CNc2cccc3c2CNC3=O)n1. The molecule has 1 aromatic carbocycles. The summed E-state index contributed by atoms with van der Waals surface area (Å²) in [5, 5.41) is 5.89. The van der Waals surface area contributed by atoms with Gasteiger partial charge in [0.2, 0.25) is 0 Å². The minimum absolute atomic E-state index is 0.0416. The van der Waals surface area contributed by atoms with Crippen LogP contribution in [0.4, 0.5) is 14.5 Å². The van der Waals surface area contributed by atoms with E-state index in [-0.39, 0.29) is 18.2 Å². The molecule has 2 aromatic rings. The lowest BCUT2D eigenvalue weighted by atomic mass is 10.1. The lowest BCUT2D eigenvalue weighted by molar-refractivity contribution is -0.0507. The Hall–Kier alpha value is -2.70. The van der Waals surface area contributed by atoms with Crippen molar-refractivity contribution in [3.05, 3.63) is 52.8 Å². The predicted octanol–water partition coefficient (Wildman–Crippen LogP) is 2.85. The van der Waals surface area contributed by atoms with Crippen molar-refractivity contribution >= 4 is 11.6 Å². The van der Waals surface area contributed by atoms with Gasteiger partial charge in [-0.3, -0.25) is 9.78 Å². The molecule has 1 aromatic heterocycles. The van der Waals surface area contributed by atoms with E-state index in [9.17, 15) is 13.6 Å². The van der Waals surface area contributed by atoms with E-state index < -0.39 is 6.61 Å². The molecule has 0 spiro atoms. The molecule has 1 aliphatic heterocycles. The smallest absolute Gasteiger partial charge is 0.387 e. The van der Waals surface area contributed by atoms with Gasteiger partial charge in [0.05, 0.1) is 6.54 Å². The van der Waals surface area contributed by atoms with Gasteiger partial charge in [-0.05, 0) is 31.2 Å². The van der Waals surface area contributed by atoms with E-state index in [2.05, 4.69) is 20.4 Å². The number of hydrogen-bond acceptors (Lipinski definition) is 4. The first-order valence-corrected chi connectivity index (χ1v) is 7.10. The second-order valence-electron chi connectivity index (χ2n) is 5.14. The van der Waals surface area contributed by atoms with Gasteiger partial charge in [0.25, 0.3) is 5.91 Å². The van der Waals surface area contributed by atoms with Crippen molar-refractivity contribution in [3.8, 4) is 5.75 Å². The van der Waals surface area contributed by atoms with Crippen molar-refractivity contribution < 1.29 is 18.3 Å². The third-order valence-corrected chi connectivity index (χ3v) is 3.58. The first-order chi connectivity index (χ1) is 11.0. The standard InChI is InChI=1S/C16H15F2N3O2/c1-9-5-6-14(23-16(17)18)13(21-9)8-19-12-4-2-3-10-11(12)7-20-15(10)22/h2-6,16,19H,7-8H2,1H3,(H,20,22). The van der Waals surface area contributed by atoms with Crippen molar-refractivity contribution in [3.63, 3.8) is 0 Å². The van der Waals surface area contributed by atoms with Crippen LogP contribution in [0, 0.1) is 6.92 Å². The number of nitrogens with one attached hydrogen (secondary N) is 2. The number of aromatic nitrogens is 1. The van der Waals surface area contributed by atoms with Crippen LogP contribution >= 0.6 is 0 Å². The Morgan fingerprint density at radius 2 is 2.17 bits per heavy atom. The lowest BCUT2D eigenvalue weighted by Gasteiger charge is -2.13. The zero-order chi connectivity index (χ0) is 16.4. The van der Waals surface area contributed by atoms with Crippen molar-refractivity contribution in [2.45, 2.75) is 26.6 Å². The number of carbonyl (C=O) groups is 1. The quantitative estimate of drug-likeness (QED) is 0.889. The number of alkyl halides is 2. The zero-order valence-electron chi connectivity index (χ0n) is 12.4. The molecule has 3 rings (SSSR count). The van der Waals surface area contributed by atoms with Gasteiger partial charge in [-0.2, -0.15) is 8.78 Å². The van der Waals surface area contributed by atoms with Gasteiger partial charge in [0.1, 0.15) is 11.4 Å². The molecular formula is C16H15F2N3O2. The molecule has 0 atom stereocenters. The Morgan fingerprint density at radius 1 is 1.35 bits per heavy atom. The minimum atomic E-state index is -2.90. The molecule has 0 aliphatic carbocycles. The number of anilines is 1. The molecular weight excluding hydrogens is 304 g/mol. The molecule has 120 valence electrons. The summed E-state index contributed by atoms with van der Waals surface area (Å²) in [6.07, 6.45) is 0. The molecule has 1 amide bonds. The fourth-order valence-corrected chi connectivity index (χ4v) is 2.53. The Kier molecular flexibility index (Phi) is 4.10. The number of amides is 1. The zero-order valence-corrected chi connectivity index (χ0v) is 12.4. The summed E-state index contributed by atoms with van der Waals surface area (Å²) in [5.74, 6) is -0.0704. The van der Waals surface area contributed by atoms with Crippen LogP contribution in [0.2, 0.25) is 0 Å². The average molecular weight is 319 g/mol. The number of nitrogens with zero attached hydrogens (tertiary/aromatic N) is 1. The summed E-state index contributed by atoms with van der Waals surface area (Å²) < 4.78 is 29.4. The van der Waals surface area contributed by atoms with Gasteiger partial charge in [-0.1, -0.05) is 6.07 Å². The second kappa shape index (κ2) is 6.20. The number of halogens is 2. The number of pyridine rings is 1. The molecule has 2 heterocycles. The van der Waals surface area contributed by atoms with Crippen LogP contribution < -0.4 is 15.4 Å².